The van der Waals surface area contributed by atoms with Gasteiger partial charge in [-0.3, -0.25) is 14.9 Å². The molecule has 0 unspecified atom stereocenters. The molecule has 0 spiro atoms. The summed E-state index contributed by atoms with van der Waals surface area (Å²) in [5, 5.41) is 18.8. The number of benzene rings is 1. The van der Waals surface area contributed by atoms with Gasteiger partial charge in [0.2, 0.25) is 0 Å². The number of anilines is 2. The number of rotatable bonds is 5. The maximum atomic E-state index is 13.4. The summed E-state index contributed by atoms with van der Waals surface area (Å²) in [6.07, 6.45) is -1.40. The molecule has 2 amide bonds. The Morgan fingerprint density at radius 2 is 1.87 bits per heavy atom. The average molecular weight is 531 g/mol. The molecule has 13 nitrogen and oxygen atoms in total. The van der Waals surface area contributed by atoms with E-state index in [-0.39, 0.29) is 31.1 Å². The fourth-order valence-electron chi connectivity index (χ4n) is 4.16. The number of fused-ring (bicyclic) bond motifs is 1. The van der Waals surface area contributed by atoms with E-state index in [1.165, 1.54) is 17.0 Å². The first-order chi connectivity index (χ1) is 17.6. The van der Waals surface area contributed by atoms with Crippen LogP contribution in [0.5, 0.6) is 0 Å². The van der Waals surface area contributed by atoms with Crippen molar-refractivity contribution >= 4 is 35.3 Å². The van der Waals surface area contributed by atoms with Gasteiger partial charge in [-0.15, -0.1) is 4.68 Å². The highest BCUT2D eigenvalue weighted by molar-refractivity contribution is 6.08. The molecular weight excluding hydrogens is 496 g/mol. The topological polar surface area (TPSA) is 149 Å². The first-order valence-corrected chi connectivity index (χ1v) is 12.1. The number of nitro benzene ring substituents is 1. The van der Waals surface area contributed by atoms with Crippen LogP contribution in [0.25, 0.3) is 0 Å². The molecule has 2 heterocycles. The molecule has 0 fully saturated rings. The zero-order chi connectivity index (χ0) is 28.6. The lowest BCUT2D eigenvalue weighted by molar-refractivity contribution is -0.385. The van der Waals surface area contributed by atoms with E-state index in [1.807, 2.05) is 13.8 Å². The number of hydrogen-bond donors (Lipinski definition) is 1. The fraction of sp³-hybridized carbons (Fsp3) is 0.520. The van der Waals surface area contributed by atoms with Gasteiger partial charge < -0.3 is 24.6 Å². The molecule has 1 N–H and O–H groups in total. The Morgan fingerprint density at radius 3 is 2.42 bits per heavy atom. The minimum Gasteiger partial charge on any atom is -0.448 e. The van der Waals surface area contributed by atoms with E-state index >= 15 is 0 Å². The molecule has 2 aromatic rings. The maximum absolute atomic E-state index is 13.4. The Labute approximate surface area is 220 Å². The second-order valence-electron chi connectivity index (χ2n) is 10.8. The van der Waals surface area contributed by atoms with E-state index in [0.717, 1.165) is 4.68 Å². The third-order valence-corrected chi connectivity index (χ3v) is 5.82. The lowest BCUT2D eigenvalue weighted by Crippen LogP contribution is -2.47. The number of ether oxygens (including phenoxy) is 2. The van der Waals surface area contributed by atoms with Crippen LogP contribution < -0.4 is 10.2 Å². The van der Waals surface area contributed by atoms with Crippen LogP contribution in [-0.2, 0) is 21.4 Å². The summed E-state index contributed by atoms with van der Waals surface area (Å²) in [4.78, 5) is 53.4. The second-order valence-corrected chi connectivity index (χ2v) is 10.8. The normalized spacial score (nSPS) is 14.4. The van der Waals surface area contributed by atoms with Crippen molar-refractivity contribution in [2.75, 3.05) is 37.5 Å². The van der Waals surface area contributed by atoms with Crippen molar-refractivity contribution in [1.29, 1.82) is 0 Å². The van der Waals surface area contributed by atoms with Gasteiger partial charge in [0.25, 0.3) is 11.6 Å². The summed E-state index contributed by atoms with van der Waals surface area (Å²) in [5.74, 6) is -0.849. The van der Waals surface area contributed by atoms with Crippen LogP contribution in [0.2, 0.25) is 0 Å². The van der Waals surface area contributed by atoms with E-state index in [4.69, 9.17) is 9.47 Å². The SMILES string of the molecule is CCOC(=O)n1nc2c(c1NC(=O)c1ccc(N(C)C)cc1[N+](=O)[O-])CN(C(=O)OC(C)(C)C)CC2(C)C. The predicted octanol–water partition coefficient (Wildman–Crippen LogP) is 4.14. The molecule has 0 atom stereocenters. The quantitative estimate of drug-likeness (QED) is 0.444. The number of carbonyl (C=O) groups is 3. The van der Waals surface area contributed by atoms with Crippen LogP contribution in [0.4, 0.5) is 26.8 Å². The van der Waals surface area contributed by atoms with E-state index in [0.29, 0.717) is 16.9 Å². The van der Waals surface area contributed by atoms with Crippen molar-refractivity contribution in [3.8, 4) is 0 Å². The molecule has 3 rings (SSSR count). The Balaban J connectivity index is 2.10. The van der Waals surface area contributed by atoms with Crippen molar-refractivity contribution < 1.29 is 28.8 Å². The van der Waals surface area contributed by atoms with Gasteiger partial charge in [0.05, 0.1) is 23.8 Å². The number of aromatic nitrogens is 2. The standard InChI is InChI=1S/C25H34N6O7/c1-9-37-23(34)30-20(26-21(32)16-11-10-15(28(7)8)12-18(16)31(35)36)17-13-29(22(33)38-24(2,3)4)14-25(5,6)19(17)27-30/h10-12H,9,13-14H2,1-8H3,(H,26,32). The summed E-state index contributed by atoms with van der Waals surface area (Å²) < 4.78 is 11.6. The lowest BCUT2D eigenvalue weighted by atomic mass is 9.83. The summed E-state index contributed by atoms with van der Waals surface area (Å²) in [6.45, 7) is 10.9. The Hall–Kier alpha value is -4.16. The van der Waals surface area contributed by atoms with Gasteiger partial charge in [0, 0.05) is 43.4 Å². The van der Waals surface area contributed by atoms with Gasteiger partial charge >= 0.3 is 12.2 Å². The number of amides is 2. The van der Waals surface area contributed by atoms with E-state index in [1.54, 1.807) is 52.8 Å². The van der Waals surface area contributed by atoms with Crippen LogP contribution in [0.1, 0.15) is 63.2 Å². The highest BCUT2D eigenvalue weighted by Crippen LogP contribution is 2.38. The zero-order valence-corrected chi connectivity index (χ0v) is 22.9. The van der Waals surface area contributed by atoms with E-state index in [9.17, 15) is 24.5 Å². The van der Waals surface area contributed by atoms with Gasteiger partial charge in [-0.2, -0.15) is 5.10 Å². The van der Waals surface area contributed by atoms with Gasteiger partial charge in [0.1, 0.15) is 17.0 Å². The molecule has 0 saturated carbocycles. The summed E-state index contributed by atoms with van der Waals surface area (Å²) in [5.41, 5.74) is -0.631. The van der Waals surface area contributed by atoms with Crippen molar-refractivity contribution in [2.45, 2.75) is 59.1 Å². The zero-order valence-electron chi connectivity index (χ0n) is 22.9. The van der Waals surface area contributed by atoms with Crippen LogP contribution in [0, 0.1) is 10.1 Å². The van der Waals surface area contributed by atoms with Gasteiger partial charge in [0.15, 0.2) is 0 Å². The first-order valence-electron chi connectivity index (χ1n) is 12.1. The predicted molar refractivity (Wildman–Crippen MR) is 140 cm³/mol. The maximum Gasteiger partial charge on any atom is 0.436 e. The number of nitrogens with one attached hydrogen (secondary N) is 1. The molecule has 1 aliphatic heterocycles. The van der Waals surface area contributed by atoms with Crippen molar-refractivity contribution in [3.63, 3.8) is 0 Å². The molecule has 1 aromatic heterocycles. The fourth-order valence-corrected chi connectivity index (χ4v) is 4.16. The van der Waals surface area contributed by atoms with Crippen molar-refractivity contribution in [2.24, 2.45) is 0 Å². The molecule has 38 heavy (non-hydrogen) atoms. The van der Waals surface area contributed by atoms with Crippen LogP contribution in [0.3, 0.4) is 0 Å². The van der Waals surface area contributed by atoms with Gasteiger partial charge in [-0.25, -0.2) is 9.59 Å². The van der Waals surface area contributed by atoms with E-state index < -0.39 is 39.7 Å². The highest BCUT2D eigenvalue weighted by atomic mass is 16.6. The highest BCUT2D eigenvalue weighted by Gasteiger charge is 2.41. The van der Waals surface area contributed by atoms with Crippen LogP contribution in [0.15, 0.2) is 18.2 Å². The van der Waals surface area contributed by atoms with Crippen molar-refractivity contribution in [1.82, 2.24) is 14.7 Å². The molecule has 0 bridgehead atoms. The third-order valence-electron chi connectivity index (χ3n) is 5.82. The molecule has 1 aromatic carbocycles. The van der Waals surface area contributed by atoms with Gasteiger partial charge in [-0.05, 0) is 39.8 Å². The number of hydrogen-bond acceptors (Lipinski definition) is 9. The molecular formula is C25H34N6O7. The Kier molecular flexibility index (Phi) is 7.70. The molecule has 0 radical (unpaired) electrons. The molecule has 1 aliphatic rings. The van der Waals surface area contributed by atoms with Gasteiger partial charge in [-0.1, -0.05) is 13.8 Å². The molecule has 206 valence electrons. The summed E-state index contributed by atoms with van der Waals surface area (Å²) >= 11 is 0. The van der Waals surface area contributed by atoms with Crippen molar-refractivity contribution in [3.05, 3.63) is 45.1 Å². The minimum atomic E-state index is -0.839. The third kappa shape index (κ3) is 5.87. The number of nitro groups is 1. The molecule has 13 heteroatoms. The smallest absolute Gasteiger partial charge is 0.436 e. The Morgan fingerprint density at radius 1 is 1.21 bits per heavy atom. The monoisotopic (exact) mass is 530 g/mol. The minimum absolute atomic E-state index is 0.00957. The number of nitrogens with zero attached hydrogens (tertiary/aromatic N) is 5. The van der Waals surface area contributed by atoms with Crippen LogP contribution in [-0.4, -0.2) is 70.5 Å². The van der Waals surface area contributed by atoms with Crippen LogP contribution >= 0.6 is 0 Å². The average Bonchev–Trinajstić information content (AvgIpc) is 3.16. The summed E-state index contributed by atoms with van der Waals surface area (Å²) in [7, 11) is 3.45. The number of carbonyl (C=O) groups excluding carboxylic acids is 3. The molecule has 0 aliphatic carbocycles. The summed E-state index contributed by atoms with van der Waals surface area (Å²) in [6, 6.07) is 4.21. The Bertz CT molecular complexity index is 1280. The first kappa shape index (κ1) is 28.4. The van der Waals surface area contributed by atoms with E-state index in [2.05, 4.69) is 10.4 Å². The largest absolute Gasteiger partial charge is 0.448 e. The lowest BCUT2D eigenvalue weighted by Gasteiger charge is -2.37. The molecule has 0 saturated heterocycles. The second kappa shape index (κ2) is 10.3.